The van der Waals surface area contributed by atoms with E-state index >= 15 is 0 Å². The first-order valence-electron chi connectivity index (χ1n) is 5.97. The van der Waals surface area contributed by atoms with E-state index in [2.05, 4.69) is 27.4 Å². The third-order valence-electron chi connectivity index (χ3n) is 3.11. The van der Waals surface area contributed by atoms with E-state index in [1.807, 2.05) is 0 Å². The average molecular weight is 266 g/mol. The molecule has 1 aromatic carbocycles. The molecular weight excluding hydrogens is 251 g/mol. The lowest BCUT2D eigenvalue weighted by Gasteiger charge is -2.32. The summed E-state index contributed by atoms with van der Waals surface area (Å²) in [5, 5.41) is 2.99. The van der Waals surface area contributed by atoms with Crippen LogP contribution in [0.3, 0.4) is 0 Å². The number of hydrogen-bond donors (Lipinski definition) is 1. The van der Waals surface area contributed by atoms with Gasteiger partial charge in [0.15, 0.2) is 5.13 Å². The number of halogens is 1. The minimum atomic E-state index is -0.211. The Labute approximate surface area is 109 Å². The van der Waals surface area contributed by atoms with Crippen LogP contribution in [0.4, 0.5) is 9.52 Å². The largest absolute Gasteiger partial charge is 0.304 e. The second-order valence-electron chi connectivity index (χ2n) is 4.53. The van der Waals surface area contributed by atoms with Crippen LogP contribution in [0, 0.1) is 5.82 Å². The molecule has 2 aromatic rings. The van der Waals surface area contributed by atoms with Crippen molar-refractivity contribution in [1.82, 2.24) is 14.9 Å². The van der Waals surface area contributed by atoms with Crippen LogP contribution >= 0.6 is 11.3 Å². The van der Waals surface area contributed by atoms with Gasteiger partial charge in [-0.2, -0.15) is 0 Å². The Kier molecular flexibility index (Phi) is 3.15. The molecule has 96 valence electrons. The second kappa shape index (κ2) is 4.79. The Hall–Kier alpha value is -1.24. The van der Waals surface area contributed by atoms with Crippen LogP contribution in [0.1, 0.15) is 0 Å². The third-order valence-corrected chi connectivity index (χ3v) is 4.03. The monoisotopic (exact) mass is 266 g/mol. The molecule has 3 rings (SSSR count). The highest BCUT2D eigenvalue weighted by molar-refractivity contribution is 7.22. The van der Waals surface area contributed by atoms with Crippen molar-refractivity contribution in [3.05, 3.63) is 24.0 Å². The molecule has 2 heterocycles. The molecule has 1 aromatic heterocycles. The maximum Gasteiger partial charge on any atom is 0.198 e. The Bertz CT molecular complexity index is 548. The first-order chi connectivity index (χ1) is 8.70. The third kappa shape index (κ3) is 2.45. The minimum absolute atomic E-state index is 0.211. The number of nitrogens with one attached hydrogen (secondary N) is 1. The van der Waals surface area contributed by atoms with Crippen molar-refractivity contribution >= 4 is 26.7 Å². The molecule has 1 aliphatic rings. The first-order valence-corrected chi connectivity index (χ1v) is 6.78. The van der Waals surface area contributed by atoms with Gasteiger partial charge in [-0.3, -0.25) is 5.43 Å². The van der Waals surface area contributed by atoms with E-state index in [1.165, 1.54) is 23.5 Å². The molecule has 0 bridgehead atoms. The molecule has 0 aliphatic carbocycles. The molecule has 1 N–H and O–H groups in total. The van der Waals surface area contributed by atoms with E-state index in [0.29, 0.717) is 0 Å². The zero-order chi connectivity index (χ0) is 12.5. The van der Waals surface area contributed by atoms with Crippen molar-refractivity contribution in [2.24, 2.45) is 0 Å². The van der Waals surface area contributed by atoms with Crippen LogP contribution in [-0.4, -0.2) is 48.1 Å². The molecule has 0 radical (unpaired) electrons. The zero-order valence-corrected chi connectivity index (χ0v) is 11.0. The van der Waals surface area contributed by atoms with E-state index in [0.717, 1.165) is 41.5 Å². The fourth-order valence-electron chi connectivity index (χ4n) is 2.00. The van der Waals surface area contributed by atoms with Gasteiger partial charge < -0.3 is 4.90 Å². The van der Waals surface area contributed by atoms with Gasteiger partial charge in [0.25, 0.3) is 0 Å². The molecule has 4 nitrogen and oxygen atoms in total. The Morgan fingerprint density at radius 1 is 1.28 bits per heavy atom. The van der Waals surface area contributed by atoms with E-state index in [1.54, 1.807) is 6.07 Å². The molecule has 0 atom stereocenters. The first kappa shape index (κ1) is 11.8. The summed E-state index contributed by atoms with van der Waals surface area (Å²) in [6, 6.07) is 4.69. The molecule has 0 unspecified atom stereocenters. The van der Waals surface area contributed by atoms with E-state index in [9.17, 15) is 4.39 Å². The number of piperazine rings is 1. The summed E-state index contributed by atoms with van der Waals surface area (Å²) in [7, 11) is 2.12. The van der Waals surface area contributed by atoms with Crippen LogP contribution in [0.25, 0.3) is 10.2 Å². The number of nitrogens with zero attached hydrogens (tertiary/aromatic N) is 3. The highest BCUT2D eigenvalue weighted by atomic mass is 32.1. The maximum absolute atomic E-state index is 13.1. The molecule has 1 aliphatic heterocycles. The van der Waals surface area contributed by atoms with Crippen LogP contribution in [0.15, 0.2) is 18.2 Å². The molecule has 0 amide bonds. The van der Waals surface area contributed by atoms with E-state index in [4.69, 9.17) is 0 Å². The van der Waals surface area contributed by atoms with Gasteiger partial charge >= 0.3 is 0 Å². The zero-order valence-electron chi connectivity index (χ0n) is 10.2. The smallest absolute Gasteiger partial charge is 0.198 e. The van der Waals surface area contributed by atoms with Gasteiger partial charge in [-0.15, -0.1) is 0 Å². The van der Waals surface area contributed by atoms with Crippen molar-refractivity contribution in [3.8, 4) is 0 Å². The predicted octanol–water partition coefficient (Wildman–Crippen LogP) is 2.01. The highest BCUT2D eigenvalue weighted by Gasteiger charge is 2.15. The summed E-state index contributed by atoms with van der Waals surface area (Å²) < 4.78 is 14.0. The number of anilines is 1. The number of hydrogen-bond acceptors (Lipinski definition) is 5. The fraction of sp³-hybridized carbons (Fsp3) is 0.417. The van der Waals surface area contributed by atoms with Crippen LogP contribution in [0.5, 0.6) is 0 Å². The van der Waals surface area contributed by atoms with Crippen molar-refractivity contribution in [2.45, 2.75) is 0 Å². The van der Waals surface area contributed by atoms with Crippen molar-refractivity contribution in [3.63, 3.8) is 0 Å². The number of rotatable bonds is 2. The van der Waals surface area contributed by atoms with Crippen molar-refractivity contribution < 1.29 is 4.39 Å². The maximum atomic E-state index is 13.1. The summed E-state index contributed by atoms with van der Waals surface area (Å²) in [5.41, 5.74) is 4.15. The molecule has 1 saturated heterocycles. The van der Waals surface area contributed by atoms with Crippen LogP contribution in [-0.2, 0) is 0 Å². The summed E-state index contributed by atoms with van der Waals surface area (Å²) in [6.07, 6.45) is 0. The quantitative estimate of drug-likeness (QED) is 0.901. The molecule has 18 heavy (non-hydrogen) atoms. The van der Waals surface area contributed by atoms with Gasteiger partial charge in [0, 0.05) is 26.2 Å². The average Bonchev–Trinajstić information content (AvgIpc) is 2.73. The van der Waals surface area contributed by atoms with E-state index < -0.39 is 0 Å². The van der Waals surface area contributed by atoms with Gasteiger partial charge in [0.2, 0.25) is 0 Å². The lowest BCUT2D eigenvalue weighted by molar-refractivity contribution is 0.179. The molecule has 0 saturated carbocycles. The van der Waals surface area contributed by atoms with Gasteiger partial charge in [0.05, 0.1) is 10.2 Å². The lowest BCUT2D eigenvalue weighted by atomic mass is 10.3. The number of thiazole rings is 1. The number of likely N-dealkylation sites (N-methyl/N-ethyl adjacent to an activating group) is 1. The summed E-state index contributed by atoms with van der Waals surface area (Å²) in [4.78, 5) is 6.75. The highest BCUT2D eigenvalue weighted by Crippen LogP contribution is 2.26. The topological polar surface area (TPSA) is 31.4 Å². The number of hydrazine groups is 1. The molecule has 0 spiro atoms. The number of aromatic nitrogens is 1. The standard InChI is InChI=1S/C12H15FN4S/c1-16-4-6-17(7-5-16)15-12-14-10-3-2-9(13)8-11(10)18-12/h2-3,8H,4-7H2,1H3,(H,14,15). The van der Waals surface area contributed by atoms with Crippen LogP contribution in [0.2, 0.25) is 0 Å². The predicted molar refractivity (Wildman–Crippen MR) is 72.3 cm³/mol. The van der Waals surface area contributed by atoms with Crippen LogP contribution < -0.4 is 5.43 Å². The Balaban J connectivity index is 1.74. The molecule has 6 heteroatoms. The SMILES string of the molecule is CN1CCN(Nc2nc3ccc(F)cc3s2)CC1. The van der Waals surface area contributed by atoms with Crippen molar-refractivity contribution in [1.29, 1.82) is 0 Å². The van der Waals surface area contributed by atoms with Gasteiger partial charge in [-0.25, -0.2) is 14.4 Å². The molecular formula is C12H15FN4S. The fourth-order valence-corrected chi connectivity index (χ4v) is 2.92. The number of benzene rings is 1. The Morgan fingerprint density at radius 3 is 2.83 bits per heavy atom. The Morgan fingerprint density at radius 2 is 2.06 bits per heavy atom. The van der Waals surface area contributed by atoms with E-state index in [-0.39, 0.29) is 5.82 Å². The number of fused-ring (bicyclic) bond motifs is 1. The minimum Gasteiger partial charge on any atom is -0.304 e. The summed E-state index contributed by atoms with van der Waals surface area (Å²) >= 11 is 1.49. The lowest BCUT2D eigenvalue weighted by Crippen LogP contribution is -2.46. The van der Waals surface area contributed by atoms with Gasteiger partial charge in [-0.1, -0.05) is 11.3 Å². The van der Waals surface area contributed by atoms with Gasteiger partial charge in [-0.05, 0) is 25.2 Å². The second-order valence-corrected chi connectivity index (χ2v) is 5.56. The summed E-state index contributed by atoms with van der Waals surface area (Å²) in [6.45, 7) is 4.04. The van der Waals surface area contributed by atoms with Crippen molar-refractivity contribution in [2.75, 3.05) is 38.7 Å². The van der Waals surface area contributed by atoms with Gasteiger partial charge in [0.1, 0.15) is 5.82 Å². The normalized spacial score (nSPS) is 18.3. The summed E-state index contributed by atoms with van der Waals surface area (Å²) in [5.74, 6) is -0.211. The molecule has 1 fully saturated rings.